The second kappa shape index (κ2) is 3.67. The van der Waals surface area contributed by atoms with Crippen LogP contribution in [0.15, 0.2) is 24.3 Å². The number of carbonyl (C=O) groups is 1. The number of hydrogen-bond donors (Lipinski definition) is 2. The minimum Gasteiger partial charge on any atom is -0.399 e. The molecule has 1 saturated heterocycles. The number of nitrogens with zero attached hydrogens (tertiary/aromatic N) is 1. The highest BCUT2D eigenvalue weighted by atomic mass is 16.2. The molecule has 4 heteroatoms. The molecular weight excluding hydrogens is 178 g/mol. The van der Waals surface area contributed by atoms with Crippen molar-refractivity contribution in [2.24, 2.45) is 0 Å². The van der Waals surface area contributed by atoms with Gasteiger partial charge in [-0.2, -0.15) is 0 Å². The average Bonchev–Trinajstić information content (AvgIpc) is 2.71. The van der Waals surface area contributed by atoms with Gasteiger partial charge in [0.1, 0.15) is 0 Å². The first-order chi connectivity index (χ1) is 6.77. The molecule has 1 aromatic rings. The Labute approximate surface area is 82.7 Å². The van der Waals surface area contributed by atoms with Crippen LogP contribution in [0.3, 0.4) is 0 Å². The van der Waals surface area contributed by atoms with E-state index in [1.54, 1.807) is 29.2 Å². The van der Waals surface area contributed by atoms with Crippen LogP contribution in [0, 0.1) is 0 Å². The van der Waals surface area contributed by atoms with E-state index in [0.29, 0.717) is 17.9 Å². The molecule has 0 atom stereocenters. The predicted octanol–water partition coefficient (Wildman–Crippen LogP) is 0.272. The van der Waals surface area contributed by atoms with Gasteiger partial charge in [0.05, 0.1) is 6.67 Å². The summed E-state index contributed by atoms with van der Waals surface area (Å²) in [5.41, 5.74) is 6.92. The summed E-state index contributed by atoms with van der Waals surface area (Å²) in [6, 6.07) is 7.01. The van der Waals surface area contributed by atoms with Gasteiger partial charge < -0.3 is 10.6 Å². The molecule has 14 heavy (non-hydrogen) atoms. The van der Waals surface area contributed by atoms with Crippen molar-refractivity contribution >= 4 is 11.6 Å². The predicted molar refractivity (Wildman–Crippen MR) is 54.8 cm³/mol. The van der Waals surface area contributed by atoms with Crippen LogP contribution < -0.4 is 11.1 Å². The monoisotopic (exact) mass is 191 g/mol. The number of rotatable bonds is 1. The lowest BCUT2D eigenvalue weighted by Crippen LogP contribution is -2.29. The highest BCUT2D eigenvalue weighted by Crippen LogP contribution is 2.09. The standard InChI is InChI=1S/C10H13N3O/c11-9-3-1-8(2-4-9)10(14)13-6-5-12-7-13/h1-4,12H,5-7,11H2. The Morgan fingerprint density at radius 3 is 2.64 bits per heavy atom. The molecular formula is C10H13N3O. The molecule has 0 bridgehead atoms. The summed E-state index contributed by atoms with van der Waals surface area (Å²) in [7, 11) is 0. The van der Waals surface area contributed by atoms with E-state index in [2.05, 4.69) is 5.32 Å². The number of nitrogens with two attached hydrogens (primary N) is 1. The Kier molecular flexibility index (Phi) is 2.37. The van der Waals surface area contributed by atoms with Crippen molar-refractivity contribution in [1.82, 2.24) is 10.2 Å². The zero-order valence-corrected chi connectivity index (χ0v) is 7.86. The molecule has 1 fully saturated rings. The van der Waals surface area contributed by atoms with Gasteiger partial charge in [-0.05, 0) is 24.3 Å². The van der Waals surface area contributed by atoms with Gasteiger partial charge in [0, 0.05) is 24.3 Å². The fraction of sp³-hybridized carbons (Fsp3) is 0.300. The molecule has 1 aromatic carbocycles. The zero-order valence-electron chi connectivity index (χ0n) is 7.86. The van der Waals surface area contributed by atoms with Gasteiger partial charge >= 0.3 is 0 Å². The Hall–Kier alpha value is -1.55. The second-order valence-electron chi connectivity index (χ2n) is 3.35. The van der Waals surface area contributed by atoms with Crippen molar-refractivity contribution in [2.75, 3.05) is 25.5 Å². The maximum absolute atomic E-state index is 11.8. The van der Waals surface area contributed by atoms with Crippen molar-refractivity contribution in [1.29, 1.82) is 0 Å². The molecule has 2 rings (SSSR count). The lowest BCUT2D eigenvalue weighted by molar-refractivity contribution is 0.0791. The Morgan fingerprint density at radius 1 is 1.36 bits per heavy atom. The van der Waals surface area contributed by atoms with E-state index < -0.39 is 0 Å². The quantitative estimate of drug-likeness (QED) is 0.626. The van der Waals surface area contributed by atoms with Crippen LogP contribution in [0.2, 0.25) is 0 Å². The lowest BCUT2D eigenvalue weighted by atomic mass is 10.2. The van der Waals surface area contributed by atoms with E-state index in [4.69, 9.17) is 5.73 Å². The third kappa shape index (κ3) is 1.70. The molecule has 1 aliphatic rings. The van der Waals surface area contributed by atoms with Crippen LogP contribution in [0.5, 0.6) is 0 Å². The molecule has 0 aromatic heterocycles. The van der Waals surface area contributed by atoms with Crippen molar-refractivity contribution in [3.63, 3.8) is 0 Å². The largest absolute Gasteiger partial charge is 0.399 e. The molecule has 0 unspecified atom stereocenters. The molecule has 1 amide bonds. The number of carbonyl (C=O) groups excluding carboxylic acids is 1. The van der Waals surface area contributed by atoms with E-state index in [-0.39, 0.29) is 5.91 Å². The van der Waals surface area contributed by atoms with Gasteiger partial charge in [-0.15, -0.1) is 0 Å². The van der Waals surface area contributed by atoms with E-state index in [1.165, 1.54) is 0 Å². The Balaban J connectivity index is 2.14. The Bertz CT molecular complexity index is 328. The van der Waals surface area contributed by atoms with Crippen molar-refractivity contribution in [3.8, 4) is 0 Å². The molecule has 1 aliphatic heterocycles. The first-order valence-electron chi connectivity index (χ1n) is 4.63. The van der Waals surface area contributed by atoms with E-state index in [9.17, 15) is 4.79 Å². The first-order valence-corrected chi connectivity index (χ1v) is 4.63. The number of nitrogen functional groups attached to an aromatic ring is 1. The highest BCUT2D eigenvalue weighted by Gasteiger charge is 2.18. The van der Waals surface area contributed by atoms with Crippen LogP contribution in [0.1, 0.15) is 10.4 Å². The van der Waals surface area contributed by atoms with Gasteiger partial charge in [-0.1, -0.05) is 0 Å². The molecule has 0 radical (unpaired) electrons. The van der Waals surface area contributed by atoms with Gasteiger partial charge in [0.2, 0.25) is 0 Å². The molecule has 1 heterocycles. The molecule has 74 valence electrons. The number of anilines is 1. The molecule has 3 N–H and O–H groups in total. The van der Waals surface area contributed by atoms with Gasteiger partial charge in [-0.25, -0.2) is 0 Å². The van der Waals surface area contributed by atoms with Crippen LogP contribution in [-0.2, 0) is 0 Å². The minimum absolute atomic E-state index is 0.0648. The van der Waals surface area contributed by atoms with E-state index in [1.807, 2.05) is 0 Å². The minimum atomic E-state index is 0.0648. The average molecular weight is 191 g/mol. The summed E-state index contributed by atoms with van der Waals surface area (Å²) < 4.78 is 0. The summed E-state index contributed by atoms with van der Waals surface area (Å²) in [5.74, 6) is 0.0648. The maximum Gasteiger partial charge on any atom is 0.254 e. The molecule has 0 aliphatic carbocycles. The summed E-state index contributed by atoms with van der Waals surface area (Å²) in [6.07, 6.45) is 0. The summed E-state index contributed by atoms with van der Waals surface area (Å²) in [4.78, 5) is 13.6. The van der Waals surface area contributed by atoms with Crippen LogP contribution in [0.25, 0.3) is 0 Å². The van der Waals surface area contributed by atoms with Crippen molar-refractivity contribution in [3.05, 3.63) is 29.8 Å². The lowest BCUT2D eigenvalue weighted by Gasteiger charge is -2.14. The number of amides is 1. The fourth-order valence-electron chi connectivity index (χ4n) is 1.49. The molecule has 4 nitrogen and oxygen atoms in total. The Morgan fingerprint density at radius 2 is 2.07 bits per heavy atom. The number of benzene rings is 1. The second-order valence-corrected chi connectivity index (χ2v) is 3.35. The molecule has 0 spiro atoms. The summed E-state index contributed by atoms with van der Waals surface area (Å²) >= 11 is 0. The third-order valence-corrected chi connectivity index (χ3v) is 2.31. The summed E-state index contributed by atoms with van der Waals surface area (Å²) in [6.45, 7) is 2.30. The fourth-order valence-corrected chi connectivity index (χ4v) is 1.49. The highest BCUT2D eigenvalue weighted by molar-refractivity contribution is 5.94. The smallest absolute Gasteiger partial charge is 0.254 e. The first kappa shape index (κ1) is 9.02. The van der Waals surface area contributed by atoms with Gasteiger partial charge in [0.15, 0.2) is 0 Å². The number of hydrogen-bond acceptors (Lipinski definition) is 3. The summed E-state index contributed by atoms with van der Waals surface area (Å²) in [5, 5.41) is 3.11. The topological polar surface area (TPSA) is 58.4 Å². The SMILES string of the molecule is Nc1ccc(C(=O)N2CCNC2)cc1. The normalized spacial score (nSPS) is 15.9. The third-order valence-electron chi connectivity index (χ3n) is 2.31. The van der Waals surface area contributed by atoms with Crippen LogP contribution >= 0.6 is 0 Å². The van der Waals surface area contributed by atoms with E-state index >= 15 is 0 Å². The van der Waals surface area contributed by atoms with Gasteiger partial charge in [-0.3, -0.25) is 10.1 Å². The maximum atomic E-state index is 11.8. The van der Waals surface area contributed by atoms with Crippen molar-refractivity contribution in [2.45, 2.75) is 0 Å². The van der Waals surface area contributed by atoms with Crippen LogP contribution in [-0.4, -0.2) is 30.6 Å². The molecule has 0 saturated carbocycles. The van der Waals surface area contributed by atoms with Crippen LogP contribution in [0.4, 0.5) is 5.69 Å². The van der Waals surface area contributed by atoms with Gasteiger partial charge in [0.25, 0.3) is 5.91 Å². The van der Waals surface area contributed by atoms with Crippen molar-refractivity contribution < 1.29 is 4.79 Å². The zero-order chi connectivity index (χ0) is 9.97. The number of nitrogens with one attached hydrogen (secondary N) is 1. The van der Waals surface area contributed by atoms with E-state index in [0.717, 1.165) is 13.1 Å².